The molecule has 2 heterocycles. The first kappa shape index (κ1) is 22.3. The summed E-state index contributed by atoms with van der Waals surface area (Å²) in [6, 6.07) is 6.14. The second-order valence-corrected chi connectivity index (χ2v) is 7.54. The molecule has 2 atom stereocenters. The summed E-state index contributed by atoms with van der Waals surface area (Å²) in [6.45, 7) is 1.79. The molecular weight excluding hydrogens is 423 g/mol. The van der Waals surface area contributed by atoms with Gasteiger partial charge in [-0.05, 0) is 26.0 Å². The van der Waals surface area contributed by atoms with Crippen LogP contribution in [0.1, 0.15) is 25.5 Å². The van der Waals surface area contributed by atoms with Gasteiger partial charge in [-0.1, -0.05) is 6.07 Å². The number of nitrogens with zero attached hydrogens (tertiary/aromatic N) is 2. The third-order valence-corrected chi connectivity index (χ3v) is 5.26. The van der Waals surface area contributed by atoms with Crippen molar-refractivity contribution < 1.29 is 32.7 Å². The van der Waals surface area contributed by atoms with Gasteiger partial charge in [-0.15, -0.1) is 0 Å². The number of carbonyl (C=O) groups excluding carboxylic acids is 1. The molecule has 2 unspecified atom stereocenters. The van der Waals surface area contributed by atoms with E-state index >= 15 is 0 Å². The quantitative estimate of drug-likeness (QED) is 0.552. The number of rotatable bonds is 4. The van der Waals surface area contributed by atoms with E-state index in [1.54, 1.807) is 5.32 Å². The van der Waals surface area contributed by atoms with E-state index in [1.807, 2.05) is 0 Å². The van der Waals surface area contributed by atoms with Gasteiger partial charge in [0.2, 0.25) is 0 Å². The molecule has 0 fully saturated rings. The lowest BCUT2D eigenvalue weighted by atomic mass is 9.73. The number of halogens is 3. The van der Waals surface area contributed by atoms with Crippen molar-refractivity contribution in [2.24, 2.45) is 0 Å². The highest BCUT2D eigenvalue weighted by atomic mass is 19.4. The summed E-state index contributed by atoms with van der Waals surface area (Å²) in [5.74, 6) is -2.19. The van der Waals surface area contributed by atoms with Crippen LogP contribution in [-0.2, 0) is 4.79 Å². The van der Waals surface area contributed by atoms with Gasteiger partial charge in [0.25, 0.3) is 11.2 Å². The normalized spacial score (nSPS) is 22.2. The van der Waals surface area contributed by atoms with E-state index in [4.69, 9.17) is 4.74 Å². The van der Waals surface area contributed by atoms with Crippen LogP contribution in [0.25, 0.3) is 0 Å². The number of non-ortho nitro benzene ring substituents is 1. The Bertz CT molecular complexity index is 1100. The molecule has 0 saturated carbocycles. The SMILES string of the molecule is CC1(C)Oc2ccc([N+](=O)[O-])cc2C(n2ccccc2=O)C1(O)CNC(=O)C(F)(F)F. The largest absolute Gasteiger partial charge is 0.484 e. The molecule has 0 bridgehead atoms. The second kappa shape index (κ2) is 7.38. The number of hydrogen-bond donors (Lipinski definition) is 2. The summed E-state index contributed by atoms with van der Waals surface area (Å²) in [5, 5.41) is 24.5. The number of hydrogen-bond acceptors (Lipinski definition) is 6. The molecule has 0 spiro atoms. The number of benzene rings is 1. The number of nitro groups is 1. The molecule has 0 radical (unpaired) electrons. The van der Waals surface area contributed by atoms with Gasteiger partial charge in [0, 0.05) is 30.0 Å². The van der Waals surface area contributed by atoms with Crippen molar-refractivity contribution in [2.45, 2.75) is 37.3 Å². The van der Waals surface area contributed by atoms with Crippen molar-refractivity contribution in [3.63, 3.8) is 0 Å². The number of pyridine rings is 1. The maximum atomic E-state index is 12.7. The van der Waals surface area contributed by atoms with Gasteiger partial charge < -0.3 is 19.7 Å². The number of nitro benzene ring substituents is 1. The van der Waals surface area contributed by atoms with Gasteiger partial charge in [-0.2, -0.15) is 13.2 Å². The minimum atomic E-state index is -5.20. The zero-order valence-electron chi connectivity index (χ0n) is 16.3. The Morgan fingerprint density at radius 2 is 2.00 bits per heavy atom. The standard InChI is InChI=1S/C19H18F3N3O6/c1-17(2)18(28,10-23-16(27)19(20,21)22)15(24-8-4-3-5-14(24)26)12-9-11(25(29)30)6-7-13(12)31-17/h3-9,15,28H,10H2,1-2H3,(H,23,27). The number of alkyl halides is 3. The number of carbonyl (C=O) groups is 1. The van der Waals surface area contributed by atoms with Gasteiger partial charge >= 0.3 is 12.1 Å². The molecule has 1 aliphatic rings. The van der Waals surface area contributed by atoms with Gasteiger partial charge in [0.1, 0.15) is 17.0 Å². The molecule has 2 N–H and O–H groups in total. The van der Waals surface area contributed by atoms with E-state index in [9.17, 15) is 38.0 Å². The van der Waals surface area contributed by atoms with Crippen LogP contribution in [0.2, 0.25) is 0 Å². The van der Waals surface area contributed by atoms with Gasteiger partial charge in [0.15, 0.2) is 0 Å². The zero-order valence-corrected chi connectivity index (χ0v) is 16.3. The topological polar surface area (TPSA) is 124 Å². The van der Waals surface area contributed by atoms with Crippen molar-refractivity contribution in [1.82, 2.24) is 9.88 Å². The van der Waals surface area contributed by atoms with Crippen molar-refractivity contribution in [3.8, 4) is 5.75 Å². The van der Waals surface area contributed by atoms with E-state index in [1.165, 1.54) is 38.2 Å². The summed E-state index contributed by atoms with van der Waals surface area (Å²) in [6.07, 6.45) is -3.92. The van der Waals surface area contributed by atoms with E-state index in [2.05, 4.69) is 0 Å². The lowest BCUT2D eigenvalue weighted by Crippen LogP contribution is -2.67. The Balaban J connectivity index is 2.23. The first-order valence-corrected chi connectivity index (χ1v) is 9.00. The summed E-state index contributed by atoms with van der Waals surface area (Å²) in [4.78, 5) is 34.5. The maximum absolute atomic E-state index is 12.7. The lowest BCUT2D eigenvalue weighted by Gasteiger charge is -2.51. The molecule has 2 aromatic rings. The van der Waals surface area contributed by atoms with Gasteiger partial charge in [-0.3, -0.25) is 19.7 Å². The predicted molar refractivity (Wildman–Crippen MR) is 101 cm³/mol. The molecule has 1 aromatic carbocycles. The first-order chi connectivity index (χ1) is 14.3. The minimum absolute atomic E-state index is 0.00517. The zero-order chi connectivity index (χ0) is 23.2. The Labute approximate surface area is 173 Å². The molecule has 1 amide bonds. The molecule has 1 aliphatic heterocycles. The Kier molecular flexibility index (Phi) is 5.30. The summed E-state index contributed by atoms with van der Waals surface area (Å²) in [5.41, 5.74) is -4.91. The molecule has 166 valence electrons. The van der Waals surface area contributed by atoms with Crippen LogP contribution >= 0.6 is 0 Å². The number of nitrogens with one attached hydrogen (secondary N) is 1. The van der Waals surface area contributed by atoms with E-state index in [-0.39, 0.29) is 17.0 Å². The number of fused-ring (bicyclic) bond motifs is 1. The Morgan fingerprint density at radius 3 is 2.58 bits per heavy atom. The van der Waals surface area contributed by atoms with Crippen molar-refractivity contribution >= 4 is 11.6 Å². The molecule has 9 nitrogen and oxygen atoms in total. The van der Waals surface area contributed by atoms with Gasteiger partial charge in [-0.25, -0.2) is 0 Å². The Morgan fingerprint density at radius 1 is 1.32 bits per heavy atom. The number of amides is 1. The average molecular weight is 441 g/mol. The minimum Gasteiger partial charge on any atom is -0.484 e. The third-order valence-electron chi connectivity index (χ3n) is 5.26. The molecule has 12 heteroatoms. The lowest BCUT2D eigenvalue weighted by molar-refractivity contribution is -0.385. The maximum Gasteiger partial charge on any atom is 0.471 e. The highest BCUT2D eigenvalue weighted by Crippen LogP contribution is 2.48. The summed E-state index contributed by atoms with van der Waals surface area (Å²) >= 11 is 0. The molecule has 1 aromatic heterocycles. The van der Waals surface area contributed by atoms with Crippen molar-refractivity contribution in [1.29, 1.82) is 0 Å². The molecule has 31 heavy (non-hydrogen) atoms. The van der Waals surface area contributed by atoms with Crippen LogP contribution in [-0.4, -0.2) is 44.4 Å². The van der Waals surface area contributed by atoms with Crippen LogP contribution in [0.15, 0.2) is 47.4 Å². The summed E-state index contributed by atoms with van der Waals surface area (Å²) < 4.78 is 45.0. The third kappa shape index (κ3) is 3.85. The number of aromatic nitrogens is 1. The second-order valence-electron chi connectivity index (χ2n) is 7.54. The monoisotopic (exact) mass is 441 g/mol. The van der Waals surface area contributed by atoms with Crippen molar-refractivity contribution in [3.05, 3.63) is 68.6 Å². The molecule has 3 rings (SSSR count). The van der Waals surface area contributed by atoms with E-state index in [0.29, 0.717) is 0 Å². The first-order valence-electron chi connectivity index (χ1n) is 9.00. The highest BCUT2D eigenvalue weighted by molar-refractivity contribution is 5.81. The predicted octanol–water partition coefficient (Wildman–Crippen LogP) is 1.93. The van der Waals surface area contributed by atoms with Crippen LogP contribution < -0.4 is 15.6 Å². The van der Waals surface area contributed by atoms with Gasteiger partial charge in [0.05, 0.1) is 17.5 Å². The van der Waals surface area contributed by atoms with Crippen molar-refractivity contribution in [2.75, 3.05) is 6.54 Å². The molecule has 0 saturated heterocycles. The molecule has 0 aliphatic carbocycles. The smallest absolute Gasteiger partial charge is 0.471 e. The van der Waals surface area contributed by atoms with Crippen LogP contribution in [0.5, 0.6) is 5.75 Å². The fourth-order valence-electron chi connectivity index (χ4n) is 3.56. The summed E-state index contributed by atoms with van der Waals surface area (Å²) in [7, 11) is 0. The van der Waals surface area contributed by atoms with Crippen LogP contribution in [0.4, 0.5) is 18.9 Å². The van der Waals surface area contributed by atoms with E-state index in [0.717, 1.165) is 22.8 Å². The fraction of sp³-hybridized carbons (Fsp3) is 0.368. The highest BCUT2D eigenvalue weighted by Gasteiger charge is 2.58. The average Bonchev–Trinajstić information content (AvgIpc) is 2.66. The molecular formula is C19H18F3N3O6. The van der Waals surface area contributed by atoms with E-state index < -0.39 is 46.4 Å². The van der Waals surface area contributed by atoms with Crippen LogP contribution in [0.3, 0.4) is 0 Å². The Hall–Kier alpha value is -3.41. The number of aliphatic hydroxyl groups is 1. The fourth-order valence-corrected chi connectivity index (χ4v) is 3.56. The van der Waals surface area contributed by atoms with Crippen LogP contribution in [0, 0.1) is 10.1 Å². The number of ether oxygens (including phenoxy) is 1.